The summed E-state index contributed by atoms with van der Waals surface area (Å²) in [5, 5.41) is 7.16. The van der Waals surface area contributed by atoms with E-state index in [4.69, 9.17) is 0 Å². The van der Waals surface area contributed by atoms with Crippen LogP contribution in [0.3, 0.4) is 0 Å². The van der Waals surface area contributed by atoms with Crippen molar-refractivity contribution >= 4 is 45.4 Å². The molecule has 0 amide bonds. The van der Waals surface area contributed by atoms with E-state index in [1.807, 2.05) is 0 Å². The van der Waals surface area contributed by atoms with Gasteiger partial charge in [0.25, 0.3) is 0 Å². The van der Waals surface area contributed by atoms with Crippen LogP contribution in [0.5, 0.6) is 0 Å². The topological polar surface area (TPSA) is 48.8 Å². The summed E-state index contributed by atoms with van der Waals surface area (Å²) in [6.07, 6.45) is 1.97. The van der Waals surface area contributed by atoms with E-state index in [0.29, 0.717) is 0 Å². The van der Waals surface area contributed by atoms with Crippen LogP contribution in [0.15, 0.2) is 9.98 Å². The Bertz CT molecular complexity index is 340. The standard InChI is InChI=1S/C16H32N4.2BrH/c1-13-11-15(3,4)19-10-8-18-14(2)12-16(5,6)20-9-7-17-13;;/h19-20H,7-12H2,1-6H3;2*1H. The molecular formula is C16H34Br2N4. The predicted molar refractivity (Wildman–Crippen MR) is 110 cm³/mol. The van der Waals surface area contributed by atoms with E-state index in [1.165, 1.54) is 11.4 Å². The molecule has 2 N–H and O–H groups in total. The van der Waals surface area contributed by atoms with Gasteiger partial charge in [-0.3, -0.25) is 9.98 Å². The van der Waals surface area contributed by atoms with Crippen molar-refractivity contribution in [2.75, 3.05) is 26.2 Å². The summed E-state index contributed by atoms with van der Waals surface area (Å²) in [5.41, 5.74) is 2.62. The molecule has 1 aliphatic heterocycles. The summed E-state index contributed by atoms with van der Waals surface area (Å²) >= 11 is 0. The molecule has 22 heavy (non-hydrogen) atoms. The van der Waals surface area contributed by atoms with Crippen LogP contribution in [0, 0.1) is 0 Å². The highest BCUT2D eigenvalue weighted by Crippen LogP contribution is 2.11. The minimum atomic E-state index is 0. The average Bonchev–Trinajstić information content (AvgIpc) is 2.28. The van der Waals surface area contributed by atoms with Gasteiger partial charge in [0.15, 0.2) is 0 Å². The highest BCUT2D eigenvalue weighted by atomic mass is 79.9. The molecule has 1 rings (SSSR count). The molecule has 0 saturated carbocycles. The quantitative estimate of drug-likeness (QED) is 0.603. The normalized spacial score (nSPS) is 23.0. The zero-order chi connectivity index (χ0) is 15.2. The van der Waals surface area contributed by atoms with Gasteiger partial charge in [-0.05, 0) is 41.5 Å². The van der Waals surface area contributed by atoms with Crippen LogP contribution in [0.25, 0.3) is 0 Å². The third-order valence-corrected chi connectivity index (χ3v) is 3.59. The number of rotatable bonds is 0. The van der Waals surface area contributed by atoms with Gasteiger partial charge in [0.1, 0.15) is 0 Å². The van der Waals surface area contributed by atoms with Gasteiger partial charge < -0.3 is 10.6 Å². The van der Waals surface area contributed by atoms with E-state index in [2.05, 4.69) is 62.2 Å². The number of aliphatic imine (C=N–C) groups is 2. The fourth-order valence-corrected chi connectivity index (χ4v) is 2.80. The zero-order valence-electron chi connectivity index (χ0n) is 15.0. The summed E-state index contributed by atoms with van der Waals surface area (Å²) in [4.78, 5) is 9.35. The molecule has 0 radical (unpaired) electrons. The Hall–Kier alpha value is 0.220. The SMILES string of the molecule is Br.Br.CC1=NCCNC(C)(C)CC(C)=NCCNC(C)(C)C1. The van der Waals surface area contributed by atoms with E-state index < -0.39 is 0 Å². The molecule has 6 heteroatoms. The highest BCUT2D eigenvalue weighted by Gasteiger charge is 2.19. The van der Waals surface area contributed by atoms with Gasteiger partial charge in [-0.2, -0.15) is 0 Å². The first-order chi connectivity index (χ1) is 9.20. The number of halogens is 2. The summed E-state index contributed by atoms with van der Waals surface area (Å²) in [6, 6.07) is 0. The molecule has 0 aromatic rings. The minimum Gasteiger partial charge on any atom is -0.310 e. The van der Waals surface area contributed by atoms with Gasteiger partial charge in [0.05, 0.1) is 13.1 Å². The van der Waals surface area contributed by atoms with Crippen molar-refractivity contribution in [3.63, 3.8) is 0 Å². The van der Waals surface area contributed by atoms with Crippen molar-refractivity contribution < 1.29 is 0 Å². The summed E-state index contributed by atoms with van der Waals surface area (Å²) in [7, 11) is 0. The molecule has 0 aromatic heterocycles. The van der Waals surface area contributed by atoms with Crippen LogP contribution >= 0.6 is 34.0 Å². The van der Waals surface area contributed by atoms with Crippen molar-refractivity contribution in [1.29, 1.82) is 0 Å². The molecule has 1 heterocycles. The summed E-state index contributed by atoms with van der Waals surface area (Å²) in [5.74, 6) is 0. The molecule has 0 aromatic carbocycles. The molecule has 0 unspecified atom stereocenters. The monoisotopic (exact) mass is 440 g/mol. The second-order valence-corrected chi connectivity index (χ2v) is 7.21. The van der Waals surface area contributed by atoms with E-state index in [-0.39, 0.29) is 45.0 Å². The second kappa shape index (κ2) is 10.9. The first-order valence-electron chi connectivity index (χ1n) is 7.70. The van der Waals surface area contributed by atoms with E-state index in [9.17, 15) is 0 Å². The van der Waals surface area contributed by atoms with Gasteiger partial charge in [0.2, 0.25) is 0 Å². The van der Waals surface area contributed by atoms with Crippen molar-refractivity contribution in [2.45, 2.75) is 65.5 Å². The Morgan fingerprint density at radius 3 is 1.36 bits per heavy atom. The van der Waals surface area contributed by atoms with Crippen molar-refractivity contribution in [2.24, 2.45) is 9.98 Å². The molecule has 0 atom stereocenters. The predicted octanol–water partition coefficient (Wildman–Crippen LogP) is 3.59. The van der Waals surface area contributed by atoms with Crippen molar-refractivity contribution in [3.05, 3.63) is 0 Å². The first kappa shape index (κ1) is 24.5. The third-order valence-electron chi connectivity index (χ3n) is 3.59. The summed E-state index contributed by atoms with van der Waals surface area (Å²) in [6.45, 7) is 16.7. The number of hydrogen-bond acceptors (Lipinski definition) is 4. The Balaban J connectivity index is 0. The van der Waals surface area contributed by atoms with Crippen molar-refractivity contribution in [3.8, 4) is 0 Å². The van der Waals surface area contributed by atoms with Crippen LogP contribution < -0.4 is 10.6 Å². The van der Waals surface area contributed by atoms with Gasteiger partial charge >= 0.3 is 0 Å². The number of nitrogens with one attached hydrogen (secondary N) is 2. The Kier molecular flexibility index (Phi) is 12.1. The molecule has 0 bridgehead atoms. The molecule has 0 aliphatic carbocycles. The maximum atomic E-state index is 4.68. The zero-order valence-corrected chi connectivity index (χ0v) is 18.4. The average molecular weight is 442 g/mol. The molecule has 0 spiro atoms. The minimum absolute atomic E-state index is 0. The molecular weight excluding hydrogens is 408 g/mol. The smallest absolute Gasteiger partial charge is 0.0513 e. The largest absolute Gasteiger partial charge is 0.310 e. The Morgan fingerprint density at radius 2 is 1.05 bits per heavy atom. The van der Waals surface area contributed by atoms with Gasteiger partial charge in [-0.1, -0.05) is 0 Å². The lowest BCUT2D eigenvalue weighted by molar-refractivity contribution is 0.398. The highest BCUT2D eigenvalue weighted by molar-refractivity contribution is 8.93. The maximum absolute atomic E-state index is 4.68. The lowest BCUT2D eigenvalue weighted by Gasteiger charge is -2.28. The third kappa shape index (κ3) is 10.9. The van der Waals surface area contributed by atoms with Gasteiger partial charge in [-0.15, -0.1) is 34.0 Å². The fourth-order valence-electron chi connectivity index (χ4n) is 2.80. The Morgan fingerprint density at radius 1 is 0.727 bits per heavy atom. The molecule has 4 nitrogen and oxygen atoms in total. The van der Waals surface area contributed by atoms with Crippen LogP contribution in [-0.2, 0) is 0 Å². The maximum Gasteiger partial charge on any atom is 0.0513 e. The number of hydrogen-bond donors (Lipinski definition) is 2. The lowest BCUT2D eigenvalue weighted by atomic mass is 9.97. The molecule has 132 valence electrons. The fraction of sp³-hybridized carbons (Fsp3) is 0.875. The van der Waals surface area contributed by atoms with Crippen LogP contribution in [0.1, 0.15) is 54.4 Å². The summed E-state index contributed by atoms with van der Waals surface area (Å²) < 4.78 is 0. The molecule has 1 aliphatic rings. The lowest BCUT2D eigenvalue weighted by Crippen LogP contribution is -2.44. The Labute approximate surface area is 157 Å². The van der Waals surface area contributed by atoms with E-state index in [0.717, 1.165) is 39.0 Å². The van der Waals surface area contributed by atoms with E-state index >= 15 is 0 Å². The molecule has 0 saturated heterocycles. The van der Waals surface area contributed by atoms with Gasteiger partial charge in [0, 0.05) is 48.4 Å². The van der Waals surface area contributed by atoms with Crippen LogP contribution in [-0.4, -0.2) is 48.7 Å². The second-order valence-electron chi connectivity index (χ2n) is 7.21. The van der Waals surface area contributed by atoms with Crippen LogP contribution in [0.4, 0.5) is 0 Å². The van der Waals surface area contributed by atoms with E-state index in [1.54, 1.807) is 0 Å². The molecule has 0 fully saturated rings. The van der Waals surface area contributed by atoms with Gasteiger partial charge in [-0.25, -0.2) is 0 Å². The van der Waals surface area contributed by atoms with Crippen molar-refractivity contribution in [1.82, 2.24) is 10.6 Å². The van der Waals surface area contributed by atoms with Crippen LogP contribution in [0.2, 0.25) is 0 Å². The first-order valence-corrected chi connectivity index (χ1v) is 7.70. The number of nitrogens with zero attached hydrogens (tertiary/aromatic N) is 2.